The highest BCUT2D eigenvalue weighted by Crippen LogP contribution is 2.36. The number of rotatable bonds is 9. The molecule has 1 saturated heterocycles. The summed E-state index contributed by atoms with van der Waals surface area (Å²) in [6, 6.07) is 10.9. The van der Waals surface area contributed by atoms with Crippen LogP contribution < -0.4 is 10.2 Å². The van der Waals surface area contributed by atoms with Crippen molar-refractivity contribution in [2.75, 3.05) is 19.8 Å². The number of benzene rings is 2. The first kappa shape index (κ1) is 26.4. The van der Waals surface area contributed by atoms with Crippen molar-refractivity contribution in [3.05, 3.63) is 58.4 Å². The molecule has 1 aromatic heterocycles. The van der Waals surface area contributed by atoms with E-state index in [0.29, 0.717) is 52.5 Å². The first-order chi connectivity index (χ1) is 17.3. The quantitative estimate of drug-likeness (QED) is 0.228. The van der Waals surface area contributed by atoms with Gasteiger partial charge in [-0.1, -0.05) is 34.4 Å². The molecule has 1 amide bonds. The van der Waals surface area contributed by atoms with E-state index in [0.717, 1.165) is 0 Å². The predicted octanol–water partition coefficient (Wildman–Crippen LogP) is 3.88. The molecule has 2 heterocycles. The third kappa shape index (κ3) is 5.21. The highest BCUT2D eigenvalue weighted by atomic mass is 35.5. The van der Waals surface area contributed by atoms with Crippen LogP contribution in [0.2, 0.25) is 10.0 Å². The molecular weight excluding hydrogens is 533 g/mol. The van der Waals surface area contributed by atoms with E-state index in [1.807, 2.05) is 0 Å². The van der Waals surface area contributed by atoms with Gasteiger partial charge in [0.15, 0.2) is 14.6 Å². The van der Waals surface area contributed by atoms with Crippen molar-refractivity contribution >= 4 is 38.9 Å². The summed E-state index contributed by atoms with van der Waals surface area (Å²) in [6.07, 6.45) is 0.889. The van der Waals surface area contributed by atoms with Crippen LogP contribution in [0, 0.1) is 0 Å². The highest BCUT2D eigenvalue weighted by molar-refractivity contribution is 7.93. The molecule has 0 spiro atoms. The smallest absolute Gasteiger partial charge is 0.265 e. The van der Waals surface area contributed by atoms with Crippen molar-refractivity contribution in [2.24, 2.45) is 0 Å². The fourth-order valence-corrected chi connectivity index (χ4v) is 6.45. The zero-order valence-electron chi connectivity index (χ0n) is 18.9. The normalized spacial score (nSPS) is 15.4. The van der Waals surface area contributed by atoms with Crippen LogP contribution in [-0.2, 0) is 25.8 Å². The third-order valence-corrected chi connectivity index (χ3v) is 9.07. The van der Waals surface area contributed by atoms with E-state index in [1.54, 1.807) is 18.2 Å². The van der Waals surface area contributed by atoms with Gasteiger partial charge < -0.3 is 14.0 Å². The summed E-state index contributed by atoms with van der Waals surface area (Å²) in [5.41, 5.74) is 2.00. The van der Waals surface area contributed by atoms with Gasteiger partial charge in [-0.2, -0.15) is 4.98 Å². The van der Waals surface area contributed by atoms with Gasteiger partial charge in [0.1, 0.15) is 5.75 Å². The first-order valence-corrected chi connectivity index (χ1v) is 13.3. The van der Waals surface area contributed by atoms with Gasteiger partial charge in [-0.3, -0.25) is 10.0 Å². The number of hydroxylamine groups is 1. The minimum absolute atomic E-state index is 0.0445. The van der Waals surface area contributed by atoms with Gasteiger partial charge >= 0.3 is 0 Å². The second kappa shape index (κ2) is 11.1. The molecule has 0 unspecified atom stereocenters. The van der Waals surface area contributed by atoms with Crippen LogP contribution >= 0.6 is 23.2 Å². The summed E-state index contributed by atoms with van der Waals surface area (Å²) in [6.45, 7) is 0.506. The van der Waals surface area contributed by atoms with Crippen molar-refractivity contribution in [1.29, 1.82) is 0 Å². The van der Waals surface area contributed by atoms with E-state index in [1.165, 1.54) is 29.7 Å². The number of amides is 1. The van der Waals surface area contributed by atoms with Gasteiger partial charge in [-0.05, 0) is 55.7 Å². The largest absolute Gasteiger partial charge is 0.494 e. The minimum Gasteiger partial charge on any atom is -0.494 e. The van der Waals surface area contributed by atoms with Gasteiger partial charge in [-0.25, -0.2) is 13.9 Å². The molecule has 36 heavy (non-hydrogen) atoms. The van der Waals surface area contributed by atoms with Gasteiger partial charge in [0.2, 0.25) is 11.7 Å². The zero-order chi connectivity index (χ0) is 25.8. The molecule has 0 aliphatic carbocycles. The molecular formula is C23H23Cl2N3O7S. The maximum atomic E-state index is 13.3. The standard InChI is InChI=1S/C23H23Cl2N3O7S/c24-17-3-1-4-18(25)20(17)21-26-19(35-28-21)5-2-12-34-15-6-8-16(9-7-15)36(31,32)23(22(29)27-30)10-13-33-14-11-23/h1,3-4,6-9,30H,2,5,10-14H2,(H,27,29). The Morgan fingerprint density at radius 3 is 2.42 bits per heavy atom. The maximum Gasteiger partial charge on any atom is 0.265 e. The Morgan fingerprint density at radius 1 is 1.11 bits per heavy atom. The zero-order valence-corrected chi connectivity index (χ0v) is 21.3. The van der Waals surface area contributed by atoms with E-state index < -0.39 is 20.5 Å². The summed E-state index contributed by atoms with van der Waals surface area (Å²) in [7, 11) is -4.09. The Kier molecular flexibility index (Phi) is 8.16. The molecule has 192 valence electrons. The number of carbonyl (C=O) groups is 1. The number of halogens is 2. The summed E-state index contributed by atoms with van der Waals surface area (Å²) >= 11 is 12.4. The second-order valence-corrected chi connectivity index (χ2v) is 11.2. The second-order valence-electron chi connectivity index (χ2n) is 8.08. The van der Waals surface area contributed by atoms with Gasteiger partial charge in [0.05, 0.1) is 27.1 Å². The minimum atomic E-state index is -4.09. The van der Waals surface area contributed by atoms with E-state index in [9.17, 15) is 13.2 Å². The van der Waals surface area contributed by atoms with Crippen molar-refractivity contribution in [2.45, 2.75) is 35.3 Å². The Bertz CT molecular complexity index is 1300. The van der Waals surface area contributed by atoms with Crippen molar-refractivity contribution in [3.63, 3.8) is 0 Å². The lowest BCUT2D eigenvalue weighted by molar-refractivity contribution is -0.134. The van der Waals surface area contributed by atoms with Crippen LogP contribution in [0.4, 0.5) is 0 Å². The molecule has 10 nitrogen and oxygen atoms in total. The number of hydrogen-bond acceptors (Lipinski definition) is 9. The summed E-state index contributed by atoms with van der Waals surface area (Å²) in [4.78, 5) is 16.6. The van der Waals surface area contributed by atoms with Crippen LogP contribution in [0.15, 0.2) is 51.9 Å². The van der Waals surface area contributed by atoms with E-state index >= 15 is 0 Å². The van der Waals surface area contributed by atoms with Crippen molar-refractivity contribution in [3.8, 4) is 17.1 Å². The van der Waals surface area contributed by atoms with Crippen molar-refractivity contribution in [1.82, 2.24) is 15.6 Å². The van der Waals surface area contributed by atoms with Gasteiger partial charge in [0.25, 0.3) is 5.91 Å². The molecule has 1 aliphatic rings. The molecule has 2 N–H and O–H groups in total. The molecule has 3 aromatic rings. The number of ether oxygens (including phenoxy) is 2. The van der Waals surface area contributed by atoms with E-state index in [2.05, 4.69) is 10.1 Å². The monoisotopic (exact) mass is 555 g/mol. The number of carbonyl (C=O) groups excluding carboxylic acids is 1. The van der Waals surface area contributed by atoms with Gasteiger partial charge in [0, 0.05) is 19.6 Å². The average molecular weight is 556 g/mol. The lowest BCUT2D eigenvalue weighted by atomic mass is 9.98. The van der Waals surface area contributed by atoms with E-state index in [4.69, 9.17) is 42.4 Å². The van der Waals surface area contributed by atoms with Crippen LogP contribution in [-0.4, -0.2) is 54.2 Å². The molecule has 0 atom stereocenters. The third-order valence-electron chi connectivity index (χ3n) is 5.92. The van der Waals surface area contributed by atoms with E-state index in [-0.39, 0.29) is 31.0 Å². The fourth-order valence-electron chi connectivity index (χ4n) is 3.94. The fraction of sp³-hybridized carbons (Fsp3) is 0.348. The highest BCUT2D eigenvalue weighted by Gasteiger charge is 2.52. The summed E-state index contributed by atoms with van der Waals surface area (Å²) in [5.74, 6) is 0.188. The van der Waals surface area contributed by atoms with Crippen molar-refractivity contribution < 1.29 is 32.4 Å². The SMILES string of the molecule is O=C(NO)C1(S(=O)(=O)c2ccc(OCCCc3nc(-c4c(Cl)cccc4Cl)no3)cc2)CCOCC1. The number of nitrogens with one attached hydrogen (secondary N) is 1. The number of aromatic nitrogens is 2. The first-order valence-electron chi connectivity index (χ1n) is 11.1. The molecule has 2 aromatic carbocycles. The molecule has 1 fully saturated rings. The Hall–Kier alpha value is -2.70. The molecule has 0 saturated carbocycles. The molecule has 13 heteroatoms. The number of aryl methyl sites for hydroxylation is 1. The average Bonchev–Trinajstić information content (AvgIpc) is 3.35. The maximum absolute atomic E-state index is 13.3. The topological polar surface area (TPSA) is 141 Å². The van der Waals surface area contributed by atoms with Crippen LogP contribution in [0.3, 0.4) is 0 Å². The number of nitrogens with zero attached hydrogens (tertiary/aromatic N) is 2. The molecule has 4 rings (SSSR count). The van der Waals surface area contributed by atoms with Crippen LogP contribution in [0.25, 0.3) is 11.4 Å². The summed E-state index contributed by atoms with van der Waals surface area (Å²) in [5, 5.41) is 13.9. The summed E-state index contributed by atoms with van der Waals surface area (Å²) < 4.78 is 40.9. The predicted molar refractivity (Wildman–Crippen MR) is 130 cm³/mol. The molecule has 0 bridgehead atoms. The lowest BCUT2D eigenvalue weighted by Crippen LogP contribution is -2.54. The van der Waals surface area contributed by atoms with Crippen LogP contribution in [0.5, 0.6) is 5.75 Å². The number of sulfone groups is 1. The lowest BCUT2D eigenvalue weighted by Gasteiger charge is -2.34. The Labute approximate surface area is 217 Å². The Balaban J connectivity index is 1.35. The molecule has 0 radical (unpaired) electrons. The Morgan fingerprint density at radius 2 is 1.78 bits per heavy atom. The number of hydrogen-bond donors (Lipinski definition) is 2. The molecule has 1 aliphatic heterocycles. The van der Waals surface area contributed by atoms with Crippen LogP contribution in [0.1, 0.15) is 25.2 Å². The van der Waals surface area contributed by atoms with Gasteiger partial charge in [-0.15, -0.1) is 0 Å².